The molecule has 0 amide bonds. The monoisotopic (exact) mass is 489 g/mol. The summed E-state index contributed by atoms with van der Waals surface area (Å²) in [5.41, 5.74) is 2.67. The number of aryl methyl sites for hydroxylation is 1. The molecule has 190 valence electrons. The lowest BCUT2D eigenvalue weighted by Gasteiger charge is -2.38. The smallest absolute Gasteiger partial charge is 0.303 e. The molecule has 1 saturated heterocycles. The molecule has 2 aromatic heterocycles. The third kappa shape index (κ3) is 6.45. The number of benzene rings is 1. The largest absolute Gasteiger partial charge is 0.497 e. The number of carboxylic acid groups (broad SMARTS) is 1. The van der Waals surface area contributed by atoms with E-state index >= 15 is 0 Å². The van der Waals surface area contributed by atoms with Crippen molar-refractivity contribution in [1.82, 2.24) is 14.5 Å². The Hall–Kier alpha value is -3.34. The number of rotatable bonds is 9. The van der Waals surface area contributed by atoms with Gasteiger partial charge in [0.05, 0.1) is 31.0 Å². The van der Waals surface area contributed by atoms with Crippen LogP contribution in [0.4, 0.5) is 0 Å². The molecule has 4 rings (SSSR count). The zero-order valence-electron chi connectivity index (χ0n) is 21.1. The number of carbonyl (C=O) groups is 1. The minimum Gasteiger partial charge on any atom is -0.497 e. The van der Waals surface area contributed by atoms with Crippen LogP contribution in [0.25, 0.3) is 10.9 Å². The maximum absolute atomic E-state index is 11.3. The third-order valence-electron chi connectivity index (χ3n) is 7.32. The quantitative estimate of drug-likeness (QED) is 0.437. The first-order valence-corrected chi connectivity index (χ1v) is 12.6. The van der Waals surface area contributed by atoms with Crippen LogP contribution < -0.4 is 4.74 Å². The number of piperidine rings is 1. The summed E-state index contributed by atoms with van der Waals surface area (Å²) in [6, 6.07) is 11.6. The van der Waals surface area contributed by atoms with Crippen LogP contribution in [0, 0.1) is 23.7 Å². The SMILES string of the molecule is COc1ccc2nccc([C@@H](O)CCC3CCN(CC#Cc4cccn4C)CC3CCC(=O)O)c2c1. The van der Waals surface area contributed by atoms with Gasteiger partial charge in [-0.1, -0.05) is 5.92 Å². The highest BCUT2D eigenvalue weighted by molar-refractivity contribution is 5.83. The summed E-state index contributed by atoms with van der Waals surface area (Å²) in [5.74, 6) is 7.13. The molecule has 0 spiro atoms. The highest BCUT2D eigenvalue weighted by Gasteiger charge is 2.30. The van der Waals surface area contributed by atoms with Crippen molar-refractivity contribution < 1.29 is 19.7 Å². The maximum atomic E-state index is 11.3. The van der Waals surface area contributed by atoms with Gasteiger partial charge in [-0.2, -0.15) is 0 Å². The number of aliphatic carboxylic acids is 1. The summed E-state index contributed by atoms with van der Waals surface area (Å²) in [5, 5.41) is 21.3. The van der Waals surface area contributed by atoms with Gasteiger partial charge in [0.2, 0.25) is 0 Å². The highest BCUT2D eigenvalue weighted by Crippen LogP contribution is 2.35. The number of carboxylic acids is 1. The second kappa shape index (κ2) is 12.1. The lowest BCUT2D eigenvalue weighted by Crippen LogP contribution is -2.41. The Balaban J connectivity index is 1.40. The van der Waals surface area contributed by atoms with E-state index in [1.165, 1.54) is 0 Å². The lowest BCUT2D eigenvalue weighted by atomic mass is 9.79. The summed E-state index contributed by atoms with van der Waals surface area (Å²) < 4.78 is 7.37. The molecule has 7 heteroatoms. The number of ether oxygens (including phenoxy) is 1. The van der Waals surface area contributed by atoms with E-state index in [1.807, 2.05) is 54.2 Å². The fourth-order valence-electron chi connectivity index (χ4n) is 5.24. The van der Waals surface area contributed by atoms with Crippen molar-refractivity contribution in [3.63, 3.8) is 0 Å². The van der Waals surface area contributed by atoms with Crippen molar-refractivity contribution in [2.75, 3.05) is 26.7 Å². The van der Waals surface area contributed by atoms with Gasteiger partial charge in [-0.3, -0.25) is 14.7 Å². The number of hydrogen-bond acceptors (Lipinski definition) is 5. The van der Waals surface area contributed by atoms with Crippen molar-refractivity contribution in [3.8, 4) is 17.6 Å². The van der Waals surface area contributed by atoms with Crippen LogP contribution in [0.1, 0.15) is 49.5 Å². The van der Waals surface area contributed by atoms with E-state index in [1.54, 1.807) is 13.3 Å². The van der Waals surface area contributed by atoms with Gasteiger partial charge in [-0.25, -0.2) is 0 Å². The Kier molecular flexibility index (Phi) is 8.63. The van der Waals surface area contributed by atoms with Crippen molar-refractivity contribution in [2.45, 2.75) is 38.2 Å². The van der Waals surface area contributed by atoms with Crippen LogP contribution in [0.2, 0.25) is 0 Å². The minimum atomic E-state index is -0.758. The van der Waals surface area contributed by atoms with Crippen molar-refractivity contribution in [2.24, 2.45) is 18.9 Å². The van der Waals surface area contributed by atoms with Crippen molar-refractivity contribution >= 4 is 16.9 Å². The van der Waals surface area contributed by atoms with E-state index in [4.69, 9.17) is 4.74 Å². The Labute approximate surface area is 212 Å². The second-order valence-electron chi connectivity index (χ2n) is 9.66. The van der Waals surface area contributed by atoms with E-state index in [0.29, 0.717) is 25.3 Å². The molecular formula is C29H35N3O4. The summed E-state index contributed by atoms with van der Waals surface area (Å²) in [7, 11) is 3.61. The average Bonchev–Trinajstić information content (AvgIpc) is 3.30. The van der Waals surface area contributed by atoms with Crippen LogP contribution in [0.15, 0.2) is 48.8 Å². The zero-order chi connectivity index (χ0) is 25.5. The Bertz CT molecular complexity index is 1240. The molecule has 1 aliphatic rings. The molecular weight excluding hydrogens is 454 g/mol. The number of methoxy groups -OCH3 is 1. The van der Waals surface area contributed by atoms with E-state index < -0.39 is 12.1 Å². The van der Waals surface area contributed by atoms with Gasteiger partial charge < -0.3 is 19.5 Å². The third-order valence-corrected chi connectivity index (χ3v) is 7.32. The van der Waals surface area contributed by atoms with Crippen LogP contribution in [0.3, 0.4) is 0 Å². The predicted octanol–water partition coefficient (Wildman–Crippen LogP) is 4.25. The number of nitrogens with zero attached hydrogens (tertiary/aromatic N) is 3. The maximum Gasteiger partial charge on any atom is 0.303 e. The first-order valence-electron chi connectivity index (χ1n) is 12.6. The molecule has 2 N–H and O–H groups in total. The molecule has 3 aromatic rings. The predicted molar refractivity (Wildman–Crippen MR) is 140 cm³/mol. The number of hydrogen-bond donors (Lipinski definition) is 2. The molecule has 0 aliphatic carbocycles. The van der Waals surface area contributed by atoms with Crippen molar-refractivity contribution in [3.05, 3.63) is 60.0 Å². The van der Waals surface area contributed by atoms with Gasteiger partial charge in [0.1, 0.15) is 5.75 Å². The normalized spacial score (nSPS) is 19.0. The summed E-state index contributed by atoms with van der Waals surface area (Å²) >= 11 is 0. The van der Waals surface area contributed by atoms with Crippen LogP contribution >= 0.6 is 0 Å². The van der Waals surface area contributed by atoms with Gasteiger partial charge in [-0.05, 0) is 91.9 Å². The van der Waals surface area contributed by atoms with Gasteiger partial charge in [-0.15, -0.1) is 0 Å². The van der Waals surface area contributed by atoms with Gasteiger partial charge in [0.15, 0.2) is 0 Å². The molecule has 3 heterocycles. The van der Waals surface area contributed by atoms with Crippen LogP contribution in [0.5, 0.6) is 5.75 Å². The number of likely N-dealkylation sites (tertiary alicyclic amines) is 1. The summed E-state index contributed by atoms with van der Waals surface area (Å²) in [4.78, 5) is 18.0. The number of aliphatic hydroxyl groups excluding tert-OH is 1. The molecule has 7 nitrogen and oxygen atoms in total. The molecule has 1 aromatic carbocycles. The number of pyridine rings is 1. The summed E-state index contributed by atoms with van der Waals surface area (Å²) in [6.45, 7) is 2.45. The lowest BCUT2D eigenvalue weighted by molar-refractivity contribution is -0.137. The molecule has 2 unspecified atom stereocenters. The first kappa shape index (κ1) is 25.7. The Morgan fingerprint density at radius 2 is 2.11 bits per heavy atom. The van der Waals surface area contributed by atoms with Crippen LogP contribution in [-0.2, 0) is 11.8 Å². The number of aromatic nitrogens is 2. The molecule has 3 atom stereocenters. The van der Waals surface area contributed by atoms with E-state index in [-0.39, 0.29) is 12.3 Å². The standard InChI is InChI=1S/C29H35N3O4/c1-31-16-3-5-23(31)6-4-17-32-18-14-21(22(20-32)8-12-29(34)35)7-11-28(33)25-13-15-30-27-10-9-24(36-2)19-26(25)27/h3,5,9-10,13,15-16,19,21-22,28,33H,7-8,11-12,14,17-18,20H2,1-2H3,(H,34,35)/t21?,22?,28-/m0/s1. The van der Waals surface area contributed by atoms with Gasteiger partial charge in [0.25, 0.3) is 0 Å². The minimum absolute atomic E-state index is 0.168. The zero-order valence-corrected chi connectivity index (χ0v) is 21.1. The molecule has 0 bridgehead atoms. The first-order chi connectivity index (χ1) is 17.4. The topological polar surface area (TPSA) is 87.8 Å². The Morgan fingerprint density at radius 1 is 1.25 bits per heavy atom. The molecule has 1 fully saturated rings. The Morgan fingerprint density at radius 3 is 2.86 bits per heavy atom. The fraction of sp³-hybridized carbons (Fsp3) is 0.448. The molecule has 1 aliphatic heterocycles. The second-order valence-corrected chi connectivity index (χ2v) is 9.66. The van der Waals surface area contributed by atoms with E-state index in [9.17, 15) is 15.0 Å². The molecule has 0 radical (unpaired) electrons. The number of aliphatic hydroxyl groups is 1. The molecule has 36 heavy (non-hydrogen) atoms. The summed E-state index contributed by atoms with van der Waals surface area (Å²) in [6.07, 6.45) is 6.37. The van der Waals surface area contributed by atoms with E-state index in [2.05, 4.69) is 21.7 Å². The highest BCUT2D eigenvalue weighted by atomic mass is 16.5. The molecule has 0 saturated carbocycles. The van der Waals surface area contributed by atoms with Crippen molar-refractivity contribution in [1.29, 1.82) is 0 Å². The van der Waals surface area contributed by atoms with E-state index in [0.717, 1.165) is 53.8 Å². The van der Waals surface area contributed by atoms with Crippen LogP contribution in [-0.4, -0.2) is 57.4 Å². The fourth-order valence-corrected chi connectivity index (χ4v) is 5.24. The van der Waals surface area contributed by atoms with Gasteiger partial charge >= 0.3 is 5.97 Å². The number of fused-ring (bicyclic) bond motifs is 1. The van der Waals surface area contributed by atoms with Gasteiger partial charge in [0, 0.05) is 37.8 Å². The average molecular weight is 490 g/mol.